The number of hydrogen-bond acceptors (Lipinski definition) is 4. The van der Waals surface area contributed by atoms with Crippen LogP contribution in [0.2, 0.25) is 0 Å². The van der Waals surface area contributed by atoms with Gasteiger partial charge in [0.2, 0.25) is 5.91 Å². The SMILES string of the molecule is CCOC(=O)N1CCC(N2CCC3(CC2)CN(C(C)=O)c2ccc(C(C)C)cc23)CC1. The molecule has 0 bridgehead atoms. The molecule has 170 valence electrons. The summed E-state index contributed by atoms with van der Waals surface area (Å²) in [5, 5.41) is 0. The lowest BCUT2D eigenvalue weighted by atomic mass is 9.73. The summed E-state index contributed by atoms with van der Waals surface area (Å²) in [4.78, 5) is 30.8. The van der Waals surface area contributed by atoms with Crippen LogP contribution in [0.15, 0.2) is 18.2 Å². The summed E-state index contributed by atoms with van der Waals surface area (Å²) in [6, 6.07) is 7.26. The van der Waals surface area contributed by atoms with Crippen molar-refractivity contribution >= 4 is 17.7 Å². The first kappa shape index (κ1) is 22.1. The van der Waals surface area contributed by atoms with Gasteiger partial charge in [-0.1, -0.05) is 26.0 Å². The summed E-state index contributed by atoms with van der Waals surface area (Å²) in [6.07, 6.45) is 4.03. The second-order valence-corrected chi connectivity index (χ2v) is 9.77. The molecule has 31 heavy (non-hydrogen) atoms. The van der Waals surface area contributed by atoms with Crippen LogP contribution < -0.4 is 4.90 Å². The topological polar surface area (TPSA) is 53.1 Å². The van der Waals surface area contributed by atoms with Gasteiger partial charge in [0.15, 0.2) is 0 Å². The lowest BCUT2D eigenvalue weighted by Crippen LogP contribution is -2.52. The van der Waals surface area contributed by atoms with Crippen LogP contribution in [0.5, 0.6) is 0 Å². The van der Waals surface area contributed by atoms with Crippen molar-refractivity contribution in [2.24, 2.45) is 0 Å². The van der Waals surface area contributed by atoms with Gasteiger partial charge >= 0.3 is 6.09 Å². The first-order chi connectivity index (χ1) is 14.8. The van der Waals surface area contributed by atoms with Crippen molar-refractivity contribution in [2.75, 3.05) is 44.2 Å². The zero-order chi connectivity index (χ0) is 22.2. The zero-order valence-corrected chi connectivity index (χ0v) is 19.5. The van der Waals surface area contributed by atoms with Gasteiger partial charge in [0, 0.05) is 43.7 Å². The molecule has 2 amide bonds. The van der Waals surface area contributed by atoms with Crippen LogP contribution >= 0.6 is 0 Å². The molecule has 1 aromatic rings. The third kappa shape index (κ3) is 4.19. The van der Waals surface area contributed by atoms with E-state index in [1.165, 1.54) is 11.1 Å². The van der Waals surface area contributed by atoms with E-state index in [0.717, 1.165) is 64.1 Å². The number of ether oxygens (including phenoxy) is 1. The van der Waals surface area contributed by atoms with Crippen molar-refractivity contribution in [3.63, 3.8) is 0 Å². The number of carbonyl (C=O) groups excluding carboxylic acids is 2. The molecule has 2 fully saturated rings. The van der Waals surface area contributed by atoms with E-state index in [0.29, 0.717) is 18.6 Å². The minimum Gasteiger partial charge on any atom is -0.450 e. The maximum atomic E-state index is 12.4. The number of hydrogen-bond donors (Lipinski definition) is 0. The van der Waals surface area contributed by atoms with Crippen molar-refractivity contribution in [3.8, 4) is 0 Å². The summed E-state index contributed by atoms with van der Waals surface area (Å²) >= 11 is 0. The van der Waals surface area contributed by atoms with Crippen LogP contribution in [0.4, 0.5) is 10.5 Å². The zero-order valence-electron chi connectivity index (χ0n) is 19.5. The number of benzene rings is 1. The lowest BCUT2D eigenvalue weighted by Gasteiger charge is -2.45. The highest BCUT2D eigenvalue weighted by Gasteiger charge is 2.46. The van der Waals surface area contributed by atoms with E-state index >= 15 is 0 Å². The van der Waals surface area contributed by atoms with Crippen molar-refractivity contribution in [1.82, 2.24) is 9.80 Å². The molecule has 0 radical (unpaired) electrons. The predicted octanol–water partition coefficient (Wildman–Crippen LogP) is 4.13. The monoisotopic (exact) mass is 427 g/mol. The molecule has 6 nitrogen and oxygen atoms in total. The summed E-state index contributed by atoms with van der Waals surface area (Å²) in [7, 11) is 0. The molecule has 0 unspecified atom stereocenters. The minimum absolute atomic E-state index is 0.0774. The van der Waals surface area contributed by atoms with Gasteiger partial charge in [-0.15, -0.1) is 0 Å². The van der Waals surface area contributed by atoms with Crippen molar-refractivity contribution in [1.29, 1.82) is 0 Å². The smallest absolute Gasteiger partial charge is 0.409 e. The highest BCUT2D eigenvalue weighted by atomic mass is 16.6. The van der Waals surface area contributed by atoms with Crippen LogP contribution in [0.25, 0.3) is 0 Å². The molecule has 4 rings (SSSR count). The maximum Gasteiger partial charge on any atom is 0.409 e. The molecule has 0 N–H and O–H groups in total. The Kier molecular flexibility index (Phi) is 6.29. The fourth-order valence-electron chi connectivity index (χ4n) is 5.70. The van der Waals surface area contributed by atoms with Gasteiger partial charge in [-0.05, 0) is 68.8 Å². The van der Waals surface area contributed by atoms with Gasteiger partial charge in [0.1, 0.15) is 0 Å². The van der Waals surface area contributed by atoms with E-state index in [1.54, 1.807) is 6.92 Å². The van der Waals surface area contributed by atoms with Crippen molar-refractivity contribution < 1.29 is 14.3 Å². The summed E-state index contributed by atoms with van der Waals surface area (Å²) < 4.78 is 5.16. The van der Waals surface area contributed by atoms with Crippen molar-refractivity contribution in [2.45, 2.75) is 70.8 Å². The Bertz CT molecular complexity index is 821. The number of rotatable bonds is 3. The van der Waals surface area contributed by atoms with Gasteiger partial charge in [0.25, 0.3) is 0 Å². The number of piperidine rings is 2. The van der Waals surface area contributed by atoms with Gasteiger partial charge in [0.05, 0.1) is 6.61 Å². The average molecular weight is 428 g/mol. The Balaban J connectivity index is 1.44. The van der Waals surface area contributed by atoms with Gasteiger partial charge in [-0.3, -0.25) is 4.79 Å². The third-order valence-electron chi connectivity index (χ3n) is 7.65. The van der Waals surface area contributed by atoms with E-state index in [9.17, 15) is 9.59 Å². The molecule has 3 aliphatic heterocycles. The summed E-state index contributed by atoms with van der Waals surface area (Å²) in [6.45, 7) is 12.9. The second kappa shape index (κ2) is 8.81. The van der Waals surface area contributed by atoms with Crippen LogP contribution in [0, 0.1) is 0 Å². The number of nitrogens with zero attached hydrogens (tertiary/aromatic N) is 3. The van der Waals surface area contributed by atoms with E-state index in [-0.39, 0.29) is 17.4 Å². The molecule has 0 saturated carbocycles. The van der Waals surface area contributed by atoms with Crippen molar-refractivity contribution in [3.05, 3.63) is 29.3 Å². The first-order valence-corrected chi connectivity index (χ1v) is 11.9. The van der Waals surface area contributed by atoms with Crippen LogP contribution in [0.1, 0.15) is 70.4 Å². The van der Waals surface area contributed by atoms with Crippen LogP contribution in [-0.2, 0) is 14.9 Å². The summed E-state index contributed by atoms with van der Waals surface area (Å²) in [5.74, 6) is 0.627. The van der Waals surface area contributed by atoms with E-state index < -0.39 is 0 Å². The highest BCUT2D eigenvalue weighted by Crippen LogP contribution is 2.48. The highest BCUT2D eigenvalue weighted by molar-refractivity contribution is 5.94. The average Bonchev–Trinajstić information content (AvgIpc) is 3.08. The quantitative estimate of drug-likeness (QED) is 0.728. The largest absolute Gasteiger partial charge is 0.450 e. The maximum absolute atomic E-state index is 12.4. The van der Waals surface area contributed by atoms with E-state index in [1.807, 2.05) is 16.7 Å². The normalized spacial score (nSPS) is 21.6. The molecular formula is C25H37N3O3. The standard InChI is InChI=1S/C25H37N3O3/c1-5-31-24(30)27-12-8-21(9-13-27)26-14-10-25(11-15-26)17-28(19(4)29)23-7-6-20(18(2)3)16-22(23)25/h6-7,16,18,21H,5,8-15,17H2,1-4H3. The summed E-state index contributed by atoms with van der Waals surface area (Å²) in [5.41, 5.74) is 3.93. The molecular weight excluding hydrogens is 390 g/mol. The predicted molar refractivity (Wildman–Crippen MR) is 123 cm³/mol. The Morgan fingerprint density at radius 2 is 1.81 bits per heavy atom. The Morgan fingerprint density at radius 1 is 1.13 bits per heavy atom. The molecule has 3 heterocycles. The molecule has 2 saturated heterocycles. The van der Waals surface area contributed by atoms with E-state index in [2.05, 4.69) is 36.9 Å². The van der Waals surface area contributed by atoms with Crippen LogP contribution in [-0.4, -0.2) is 67.2 Å². The fraction of sp³-hybridized carbons (Fsp3) is 0.680. The Hall–Kier alpha value is -2.08. The number of amides is 2. The molecule has 0 atom stereocenters. The molecule has 0 aliphatic carbocycles. The molecule has 3 aliphatic rings. The number of anilines is 1. The molecule has 0 aromatic heterocycles. The lowest BCUT2D eigenvalue weighted by molar-refractivity contribution is -0.116. The number of carbonyl (C=O) groups is 2. The molecule has 1 spiro atoms. The number of fused-ring (bicyclic) bond motifs is 2. The van der Waals surface area contributed by atoms with Crippen LogP contribution in [0.3, 0.4) is 0 Å². The molecule has 1 aromatic carbocycles. The van der Waals surface area contributed by atoms with E-state index in [4.69, 9.17) is 4.74 Å². The minimum atomic E-state index is -0.175. The van der Waals surface area contributed by atoms with Gasteiger partial charge < -0.3 is 19.4 Å². The third-order valence-corrected chi connectivity index (χ3v) is 7.65. The molecule has 6 heteroatoms. The number of likely N-dealkylation sites (tertiary alicyclic amines) is 2. The Morgan fingerprint density at radius 3 is 2.39 bits per heavy atom. The Labute approximate surface area is 186 Å². The fourth-order valence-corrected chi connectivity index (χ4v) is 5.70. The van der Waals surface area contributed by atoms with Gasteiger partial charge in [-0.25, -0.2) is 4.79 Å². The second-order valence-electron chi connectivity index (χ2n) is 9.77. The van der Waals surface area contributed by atoms with Gasteiger partial charge in [-0.2, -0.15) is 0 Å². The first-order valence-electron chi connectivity index (χ1n) is 11.9.